The van der Waals surface area contributed by atoms with Gasteiger partial charge in [0.05, 0.1) is 0 Å². The molecule has 2 rings (SSSR count). The van der Waals surface area contributed by atoms with E-state index in [9.17, 15) is 14.3 Å². The maximum Gasteiger partial charge on any atom is 0.251 e. The summed E-state index contributed by atoms with van der Waals surface area (Å²) in [5.74, 6) is -0.555. The van der Waals surface area contributed by atoms with Gasteiger partial charge in [0.1, 0.15) is 5.82 Å². The van der Waals surface area contributed by atoms with Crippen LogP contribution in [-0.2, 0) is 0 Å². The highest BCUT2D eigenvalue weighted by Crippen LogP contribution is 2.24. The summed E-state index contributed by atoms with van der Waals surface area (Å²) in [6.45, 7) is 0.0914. The molecule has 98 valence electrons. The summed E-state index contributed by atoms with van der Waals surface area (Å²) in [5, 5.41) is 12.2. The van der Waals surface area contributed by atoms with E-state index >= 15 is 0 Å². The standard InChI is InChI=1S/C14H18FNO2/c15-12-6-3-5-10(8-12)14(18)16-13-7-2-1-4-11(13)9-17/h3,5-6,8,11,13,17H,1-2,4,7,9H2,(H,16,18). The highest BCUT2D eigenvalue weighted by molar-refractivity contribution is 5.94. The number of aliphatic hydroxyl groups is 1. The zero-order valence-electron chi connectivity index (χ0n) is 10.2. The number of rotatable bonds is 3. The number of carbonyl (C=O) groups is 1. The summed E-state index contributed by atoms with van der Waals surface area (Å²) >= 11 is 0. The van der Waals surface area contributed by atoms with Crippen LogP contribution in [0.25, 0.3) is 0 Å². The van der Waals surface area contributed by atoms with Crippen molar-refractivity contribution < 1.29 is 14.3 Å². The normalized spacial score (nSPS) is 23.7. The predicted octanol–water partition coefficient (Wildman–Crippen LogP) is 2.11. The Morgan fingerprint density at radius 2 is 2.17 bits per heavy atom. The SMILES string of the molecule is O=C(NC1CCCCC1CO)c1cccc(F)c1. The van der Waals surface area contributed by atoms with E-state index in [1.165, 1.54) is 18.2 Å². The van der Waals surface area contributed by atoms with Crippen LogP contribution in [0.15, 0.2) is 24.3 Å². The first-order valence-electron chi connectivity index (χ1n) is 6.38. The summed E-state index contributed by atoms with van der Waals surface area (Å²) in [7, 11) is 0. The van der Waals surface area contributed by atoms with Gasteiger partial charge in [-0.2, -0.15) is 0 Å². The minimum Gasteiger partial charge on any atom is -0.396 e. The second-order valence-electron chi connectivity index (χ2n) is 4.82. The summed E-state index contributed by atoms with van der Waals surface area (Å²) in [4.78, 5) is 12.0. The van der Waals surface area contributed by atoms with Gasteiger partial charge >= 0.3 is 0 Å². The van der Waals surface area contributed by atoms with Crippen molar-refractivity contribution in [1.29, 1.82) is 0 Å². The Kier molecular flexibility index (Phi) is 4.31. The first-order valence-corrected chi connectivity index (χ1v) is 6.38. The van der Waals surface area contributed by atoms with Gasteiger partial charge in [-0.25, -0.2) is 4.39 Å². The highest BCUT2D eigenvalue weighted by Gasteiger charge is 2.26. The maximum absolute atomic E-state index is 13.0. The zero-order valence-corrected chi connectivity index (χ0v) is 10.2. The van der Waals surface area contributed by atoms with Crippen LogP contribution in [0.2, 0.25) is 0 Å². The molecule has 0 aromatic heterocycles. The van der Waals surface area contributed by atoms with E-state index in [1.807, 2.05) is 0 Å². The van der Waals surface area contributed by atoms with Gasteiger partial charge in [-0.1, -0.05) is 18.9 Å². The molecule has 4 heteroatoms. The van der Waals surface area contributed by atoms with E-state index in [1.54, 1.807) is 6.07 Å². The lowest BCUT2D eigenvalue weighted by Gasteiger charge is -2.30. The Morgan fingerprint density at radius 3 is 2.89 bits per heavy atom. The molecule has 0 aliphatic heterocycles. The smallest absolute Gasteiger partial charge is 0.251 e. The topological polar surface area (TPSA) is 49.3 Å². The van der Waals surface area contributed by atoms with Crippen molar-refractivity contribution in [3.63, 3.8) is 0 Å². The van der Waals surface area contributed by atoms with Crippen LogP contribution < -0.4 is 5.32 Å². The van der Waals surface area contributed by atoms with E-state index in [-0.39, 0.29) is 24.5 Å². The Bertz CT molecular complexity index is 422. The van der Waals surface area contributed by atoms with Crippen molar-refractivity contribution in [2.75, 3.05) is 6.61 Å². The molecular formula is C14H18FNO2. The number of halogens is 1. The Morgan fingerprint density at radius 1 is 1.39 bits per heavy atom. The molecule has 1 saturated carbocycles. The first-order chi connectivity index (χ1) is 8.70. The number of hydrogen-bond donors (Lipinski definition) is 2. The number of aliphatic hydroxyl groups excluding tert-OH is 1. The van der Waals surface area contributed by atoms with Crippen LogP contribution >= 0.6 is 0 Å². The largest absolute Gasteiger partial charge is 0.396 e. The first kappa shape index (κ1) is 13.0. The number of benzene rings is 1. The molecule has 1 amide bonds. The minimum atomic E-state index is -0.412. The Labute approximate surface area is 106 Å². The third kappa shape index (κ3) is 3.07. The lowest BCUT2D eigenvalue weighted by molar-refractivity contribution is 0.0872. The molecule has 3 nitrogen and oxygen atoms in total. The van der Waals surface area contributed by atoms with Crippen molar-refractivity contribution in [2.24, 2.45) is 5.92 Å². The third-order valence-corrected chi connectivity index (χ3v) is 3.55. The van der Waals surface area contributed by atoms with E-state index in [0.717, 1.165) is 25.7 Å². The summed E-state index contributed by atoms with van der Waals surface area (Å²) in [5.41, 5.74) is 0.331. The monoisotopic (exact) mass is 251 g/mol. The molecule has 18 heavy (non-hydrogen) atoms. The Hall–Kier alpha value is -1.42. The molecule has 0 radical (unpaired) electrons. The van der Waals surface area contributed by atoms with Gasteiger partial charge in [0.2, 0.25) is 0 Å². The van der Waals surface area contributed by atoms with Crippen molar-refractivity contribution in [3.8, 4) is 0 Å². The van der Waals surface area contributed by atoms with Crippen LogP contribution in [0.1, 0.15) is 36.0 Å². The molecule has 2 unspecified atom stereocenters. The molecule has 1 fully saturated rings. The number of nitrogens with one attached hydrogen (secondary N) is 1. The fourth-order valence-corrected chi connectivity index (χ4v) is 2.50. The van der Waals surface area contributed by atoms with Crippen LogP contribution in [0.4, 0.5) is 4.39 Å². The van der Waals surface area contributed by atoms with Crippen molar-refractivity contribution in [3.05, 3.63) is 35.6 Å². The Balaban J connectivity index is 2.02. The summed E-state index contributed by atoms with van der Waals surface area (Å²) < 4.78 is 13.0. The van der Waals surface area contributed by atoms with E-state index in [0.29, 0.717) is 5.56 Å². The maximum atomic E-state index is 13.0. The van der Waals surface area contributed by atoms with Crippen molar-refractivity contribution >= 4 is 5.91 Å². The second kappa shape index (κ2) is 5.96. The lowest BCUT2D eigenvalue weighted by atomic mass is 9.85. The fraction of sp³-hybridized carbons (Fsp3) is 0.500. The predicted molar refractivity (Wildman–Crippen MR) is 66.7 cm³/mol. The molecule has 2 N–H and O–H groups in total. The van der Waals surface area contributed by atoms with Crippen molar-refractivity contribution in [1.82, 2.24) is 5.32 Å². The molecule has 0 spiro atoms. The van der Waals surface area contributed by atoms with Gasteiger partial charge in [-0.05, 0) is 31.0 Å². The van der Waals surface area contributed by atoms with E-state index < -0.39 is 5.82 Å². The van der Waals surface area contributed by atoms with Gasteiger partial charge < -0.3 is 10.4 Å². The van der Waals surface area contributed by atoms with E-state index in [4.69, 9.17) is 0 Å². The number of hydrogen-bond acceptors (Lipinski definition) is 2. The fourth-order valence-electron chi connectivity index (χ4n) is 2.50. The molecule has 0 saturated heterocycles. The van der Waals surface area contributed by atoms with Crippen LogP contribution in [-0.4, -0.2) is 23.7 Å². The molecule has 1 aliphatic carbocycles. The van der Waals surface area contributed by atoms with E-state index in [2.05, 4.69) is 5.32 Å². The van der Waals surface area contributed by atoms with Gasteiger partial charge in [-0.15, -0.1) is 0 Å². The average Bonchev–Trinajstić information content (AvgIpc) is 2.39. The van der Waals surface area contributed by atoms with Gasteiger partial charge in [0, 0.05) is 24.1 Å². The van der Waals surface area contributed by atoms with Gasteiger partial charge in [0.25, 0.3) is 5.91 Å². The third-order valence-electron chi connectivity index (χ3n) is 3.55. The van der Waals surface area contributed by atoms with Gasteiger partial charge in [-0.3, -0.25) is 4.79 Å². The minimum absolute atomic E-state index is 0.000447. The van der Waals surface area contributed by atoms with Crippen LogP contribution in [0.3, 0.4) is 0 Å². The second-order valence-corrected chi connectivity index (χ2v) is 4.82. The molecule has 1 aromatic carbocycles. The number of carbonyl (C=O) groups excluding carboxylic acids is 1. The molecule has 1 aliphatic rings. The molecule has 1 aromatic rings. The zero-order chi connectivity index (χ0) is 13.0. The number of amides is 1. The van der Waals surface area contributed by atoms with Crippen LogP contribution in [0.5, 0.6) is 0 Å². The average molecular weight is 251 g/mol. The molecule has 2 atom stereocenters. The quantitative estimate of drug-likeness (QED) is 0.864. The van der Waals surface area contributed by atoms with Crippen molar-refractivity contribution in [2.45, 2.75) is 31.7 Å². The summed E-state index contributed by atoms with van der Waals surface area (Å²) in [6, 6.07) is 5.66. The molecular weight excluding hydrogens is 233 g/mol. The highest BCUT2D eigenvalue weighted by atomic mass is 19.1. The summed E-state index contributed by atoms with van der Waals surface area (Å²) in [6.07, 6.45) is 3.97. The molecule has 0 bridgehead atoms. The molecule has 0 heterocycles. The lowest BCUT2D eigenvalue weighted by Crippen LogP contribution is -2.43. The van der Waals surface area contributed by atoms with Gasteiger partial charge in [0.15, 0.2) is 0 Å². The van der Waals surface area contributed by atoms with Crippen LogP contribution in [0, 0.1) is 11.7 Å².